The van der Waals surface area contributed by atoms with Crippen molar-refractivity contribution in [2.24, 2.45) is 0 Å². The summed E-state index contributed by atoms with van der Waals surface area (Å²) in [7, 11) is 0. The number of nitrogens with one attached hydrogen (secondary N) is 3. The lowest BCUT2D eigenvalue weighted by molar-refractivity contribution is -0.114. The van der Waals surface area contributed by atoms with Crippen molar-refractivity contribution in [2.45, 2.75) is 6.92 Å². The number of nitrogens with zero attached hydrogens (tertiary/aromatic N) is 2. The van der Waals surface area contributed by atoms with Crippen LogP contribution < -0.4 is 10.6 Å². The second-order valence-electron chi connectivity index (χ2n) is 4.93. The van der Waals surface area contributed by atoms with Crippen LogP contribution in [0.5, 0.6) is 0 Å². The number of carbonyl (C=O) groups is 2. The molecule has 2 aromatic heterocycles. The molecule has 3 aromatic rings. The number of benzene rings is 1. The van der Waals surface area contributed by atoms with Crippen LogP contribution in [0.4, 0.5) is 10.8 Å². The van der Waals surface area contributed by atoms with Gasteiger partial charge in [-0.05, 0) is 25.1 Å². The van der Waals surface area contributed by atoms with Gasteiger partial charge in [-0.1, -0.05) is 27.3 Å². The Labute approximate surface area is 155 Å². The smallest absolute Gasteiger partial charge is 0.356 e. The van der Waals surface area contributed by atoms with Gasteiger partial charge in [-0.2, -0.15) is 0 Å². The molecule has 0 saturated carbocycles. The molecular formula is C15H14BrN5O3S. The first-order chi connectivity index (χ1) is 12.1. The molecule has 0 fully saturated rings. The summed E-state index contributed by atoms with van der Waals surface area (Å²) >= 11 is 4.69. The average Bonchev–Trinajstić information content (AvgIpc) is 3.21. The van der Waals surface area contributed by atoms with Gasteiger partial charge in [0.25, 0.3) is 0 Å². The molecule has 3 rings (SSSR count). The van der Waals surface area contributed by atoms with Crippen molar-refractivity contribution >= 4 is 60.9 Å². The number of esters is 1. The van der Waals surface area contributed by atoms with Crippen LogP contribution >= 0.6 is 27.3 Å². The topological polar surface area (TPSA) is 109 Å². The van der Waals surface area contributed by atoms with Crippen LogP contribution in [-0.4, -0.2) is 40.2 Å². The van der Waals surface area contributed by atoms with Crippen molar-refractivity contribution in [2.75, 3.05) is 23.8 Å². The van der Waals surface area contributed by atoms with Gasteiger partial charge >= 0.3 is 5.97 Å². The monoisotopic (exact) mass is 423 g/mol. The average molecular weight is 424 g/mol. The summed E-state index contributed by atoms with van der Waals surface area (Å²) in [5.74, 6) is -0.844. The second-order valence-corrected chi connectivity index (χ2v) is 6.68. The minimum atomic E-state index is -0.526. The molecule has 10 heteroatoms. The molecule has 0 aliphatic carbocycles. The molecule has 0 aliphatic rings. The largest absolute Gasteiger partial charge is 0.461 e. The maximum absolute atomic E-state index is 12.3. The number of anilines is 2. The molecular weight excluding hydrogens is 410 g/mol. The summed E-state index contributed by atoms with van der Waals surface area (Å²) in [4.78, 5) is 27.5. The molecule has 0 bridgehead atoms. The fourth-order valence-corrected chi connectivity index (χ4v) is 3.04. The molecule has 0 saturated heterocycles. The highest BCUT2D eigenvalue weighted by Crippen LogP contribution is 2.30. The van der Waals surface area contributed by atoms with Crippen LogP contribution in [0, 0.1) is 0 Å². The number of carbonyl (C=O) groups excluding carboxylic acids is 2. The minimum Gasteiger partial charge on any atom is -0.461 e. The summed E-state index contributed by atoms with van der Waals surface area (Å²) in [6, 6.07) is 5.48. The highest BCUT2D eigenvalue weighted by atomic mass is 79.9. The number of fused-ring (bicyclic) bond motifs is 1. The molecule has 0 spiro atoms. The first kappa shape index (κ1) is 17.4. The fraction of sp³-hybridized carbons (Fsp3) is 0.200. The first-order valence-electron chi connectivity index (χ1n) is 7.36. The standard InChI is InChI=1S/C15H14BrN5O3S/c1-2-24-14(23)13-12(9-5-8(16)3-4-10(9)19-13)20-11(22)6-17-15-21-18-7-25-15/h3-5,7,19H,2,6H2,1H3,(H,17,21)(H,20,22). The first-order valence-corrected chi connectivity index (χ1v) is 9.04. The lowest BCUT2D eigenvalue weighted by Crippen LogP contribution is -2.23. The zero-order chi connectivity index (χ0) is 17.8. The van der Waals surface area contributed by atoms with Crippen LogP contribution in [0.15, 0.2) is 28.2 Å². The number of amides is 1. The summed E-state index contributed by atoms with van der Waals surface area (Å²) < 4.78 is 5.89. The van der Waals surface area contributed by atoms with Gasteiger partial charge in [-0.3, -0.25) is 4.79 Å². The predicted octanol–water partition coefficient (Wildman–Crippen LogP) is 3.01. The molecule has 25 heavy (non-hydrogen) atoms. The molecule has 130 valence electrons. The zero-order valence-corrected chi connectivity index (χ0v) is 15.5. The Bertz CT molecular complexity index is 909. The molecule has 0 atom stereocenters. The van der Waals surface area contributed by atoms with E-state index in [9.17, 15) is 9.59 Å². The van der Waals surface area contributed by atoms with Gasteiger partial charge in [-0.25, -0.2) is 4.79 Å². The van der Waals surface area contributed by atoms with Crippen molar-refractivity contribution in [3.05, 3.63) is 33.9 Å². The van der Waals surface area contributed by atoms with Gasteiger partial charge in [0.2, 0.25) is 11.0 Å². The predicted molar refractivity (Wildman–Crippen MR) is 99.0 cm³/mol. The number of halogens is 1. The van der Waals surface area contributed by atoms with E-state index in [0.29, 0.717) is 16.2 Å². The number of hydrogen-bond donors (Lipinski definition) is 3. The minimum absolute atomic E-state index is 0.00185. The van der Waals surface area contributed by atoms with E-state index in [1.165, 1.54) is 11.3 Å². The lowest BCUT2D eigenvalue weighted by Gasteiger charge is -2.07. The third-order valence-electron chi connectivity index (χ3n) is 3.26. The van der Waals surface area contributed by atoms with Crippen molar-refractivity contribution in [1.29, 1.82) is 0 Å². The van der Waals surface area contributed by atoms with E-state index in [-0.39, 0.29) is 24.8 Å². The highest BCUT2D eigenvalue weighted by molar-refractivity contribution is 9.10. The molecule has 8 nitrogen and oxygen atoms in total. The molecule has 1 aromatic carbocycles. The summed E-state index contributed by atoms with van der Waals surface area (Å²) in [5, 5.41) is 14.4. The molecule has 0 unspecified atom stereocenters. The summed E-state index contributed by atoms with van der Waals surface area (Å²) in [6.07, 6.45) is 0. The van der Waals surface area contributed by atoms with E-state index in [4.69, 9.17) is 4.74 Å². The van der Waals surface area contributed by atoms with Crippen molar-refractivity contribution in [3.63, 3.8) is 0 Å². The maximum Gasteiger partial charge on any atom is 0.356 e. The van der Waals surface area contributed by atoms with Crippen molar-refractivity contribution in [1.82, 2.24) is 15.2 Å². The third kappa shape index (κ3) is 3.97. The van der Waals surface area contributed by atoms with Gasteiger partial charge in [0.15, 0.2) is 0 Å². The number of rotatable bonds is 6. The van der Waals surface area contributed by atoms with Crippen LogP contribution in [0.2, 0.25) is 0 Å². The number of ether oxygens (including phenoxy) is 1. The van der Waals surface area contributed by atoms with E-state index in [1.54, 1.807) is 12.4 Å². The van der Waals surface area contributed by atoms with Crippen molar-refractivity contribution in [3.8, 4) is 0 Å². The van der Waals surface area contributed by atoms with Crippen molar-refractivity contribution < 1.29 is 14.3 Å². The highest BCUT2D eigenvalue weighted by Gasteiger charge is 2.21. The number of aromatic amines is 1. The third-order valence-corrected chi connectivity index (χ3v) is 4.41. The number of hydrogen-bond acceptors (Lipinski definition) is 7. The number of aromatic nitrogens is 3. The van der Waals surface area contributed by atoms with E-state index in [1.807, 2.05) is 18.2 Å². The van der Waals surface area contributed by atoms with E-state index >= 15 is 0 Å². The van der Waals surface area contributed by atoms with E-state index in [0.717, 1.165) is 9.99 Å². The van der Waals surface area contributed by atoms with Gasteiger partial charge in [0.1, 0.15) is 11.2 Å². The lowest BCUT2D eigenvalue weighted by atomic mass is 10.2. The Hall–Kier alpha value is -2.46. The van der Waals surface area contributed by atoms with Gasteiger partial charge in [0.05, 0.1) is 18.8 Å². The Balaban J connectivity index is 1.86. The van der Waals surface area contributed by atoms with Crippen LogP contribution in [0.1, 0.15) is 17.4 Å². The van der Waals surface area contributed by atoms with Gasteiger partial charge < -0.3 is 20.4 Å². The summed E-state index contributed by atoms with van der Waals surface area (Å²) in [5.41, 5.74) is 2.88. The summed E-state index contributed by atoms with van der Waals surface area (Å²) in [6.45, 7) is 1.96. The van der Waals surface area contributed by atoms with Gasteiger partial charge in [-0.15, -0.1) is 10.2 Å². The van der Waals surface area contributed by atoms with Crippen LogP contribution in [-0.2, 0) is 9.53 Å². The molecule has 3 N–H and O–H groups in total. The molecule has 0 radical (unpaired) electrons. The number of H-pyrrole nitrogens is 1. The Morgan fingerprint density at radius 2 is 2.24 bits per heavy atom. The second kappa shape index (κ2) is 7.62. The fourth-order valence-electron chi connectivity index (χ4n) is 2.24. The van der Waals surface area contributed by atoms with Crippen LogP contribution in [0.25, 0.3) is 10.9 Å². The van der Waals surface area contributed by atoms with Gasteiger partial charge in [0, 0.05) is 15.4 Å². The Morgan fingerprint density at radius 3 is 2.96 bits per heavy atom. The van der Waals surface area contributed by atoms with E-state index < -0.39 is 5.97 Å². The SMILES string of the molecule is CCOC(=O)c1[nH]c2ccc(Br)cc2c1NC(=O)CNc1nncs1. The van der Waals surface area contributed by atoms with E-state index in [2.05, 4.69) is 41.7 Å². The quantitative estimate of drug-likeness (QED) is 0.525. The molecule has 2 heterocycles. The molecule has 0 aliphatic heterocycles. The Kier molecular flexibility index (Phi) is 5.29. The maximum atomic E-state index is 12.3. The molecule has 1 amide bonds. The zero-order valence-electron chi connectivity index (χ0n) is 13.1. The normalized spacial score (nSPS) is 10.6. The van der Waals surface area contributed by atoms with Crippen LogP contribution in [0.3, 0.4) is 0 Å². The Morgan fingerprint density at radius 1 is 1.40 bits per heavy atom.